The van der Waals surface area contributed by atoms with E-state index in [0.29, 0.717) is 12.1 Å². The Labute approximate surface area is 101 Å². The van der Waals surface area contributed by atoms with Crippen LogP contribution < -0.4 is 0 Å². The lowest BCUT2D eigenvalue weighted by Gasteiger charge is -2.20. The molecule has 17 heavy (non-hydrogen) atoms. The molecule has 1 aliphatic heterocycles. The van der Waals surface area contributed by atoms with Gasteiger partial charge in [-0.15, -0.1) is 0 Å². The van der Waals surface area contributed by atoms with Gasteiger partial charge in [0, 0.05) is 25.2 Å². The molecule has 0 aromatic heterocycles. The number of hydrogen-bond donors (Lipinski definition) is 0. The minimum Gasteiger partial charge on any atom is -0.305 e. The number of hydrogen-bond acceptors (Lipinski definition) is 2. The molecule has 1 aromatic rings. The summed E-state index contributed by atoms with van der Waals surface area (Å²) < 4.78 is 26.5. The third-order valence-electron chi connectivity index (χ3n) is 3.21. The first kappa shape index (κ1) is 12.5. The maximum Gasteiger partial charge on any atom is 0.127 e. The van der Waals surface area contributed by atoms with Crippen molar-refractivity contribution in [1.29, 1.82) is 0 Å². The normalized spacial score (nSPS) is 19.2. The quantitative estimate of drug-likeness (QED) is 0.781. The van der Waals surface area contributed by atoms with E-state index < -0.39 is 0 Å². The maximum atomic E-state index is 13.5. The number of likely N-dealkylation sites (N-methyl/N-ethyl adjacent to an activating group) is 1. The van der Waals surface area contributed by atoms with Crippen LogP contribution in [0.5, 0.6) is 0 Å². The molecule has 0 atom stereocenters. The van der Waals surface area contributed by atoms with Gasteiger partial charge in [0.15, 0.2) is 0 Å². The van der Waals surface area contributed by atoms with Gasteiger partial charge in [0.2, 0.25) is 0 Å². The van der Waals surface area contributed by atoms with Crippen LogP contribution in [0.15, 0.2) is 18.2 Å². The zero-order valence-corrected chi connectivity index (χ0v) is 10.1. The minimum atomic E-state index is -0.367. The monoisotopic (exact) mass is 240 g/mol. The van der Waals surface area contributed by atoms with Gasteiger partial charge in [-0.25, -0.2) is 8.78 Å². The lowest BCUT2D eigenvalue weighted by atomic mass is 10.2. The fourth-order valence-corrected chi connectivity index (χ4v) is 2.16. The SMILES string of the molecule is CN1CCCN(Cc2cc(F)ccc2F)CC1. The van der Waals surface area contributed by atoms with E-state index in [1.807, 2.05) is 0 Å². The van der Waals surface area contributed by atoms with E-state index in [1.165, 1.54) is 12.1 Å². The predicted octanol–water partition coefficient (Wildman–Crippen LogP) is 2.10. The predicted molar refractivity (Wildman–Crippen MR) is 63.7 cm³/mol. The van der Waals surface area contributed by atoms with E-state index in [4.69, 9.17) is 0 Å². The van der Waals surface area contributed by atoms with Crippen molar-refractivity contribution < 1.29 is 8.78 Å². The number of benzene rings is 1. The van der Waals surface area contributed by atoms with E-state index in [-0.39, 0.29) is 11.6 Å². The van der Waals surface area contributed by atoms with E-state index in [2.05, 4.69) is 16.8 Å². The Morgan fingerprint density at radius 1 is 1.12 bits per heavy atom. The first-order valence-corrected chi connectivity index (χ1v) is 6.00. The Morgan fingerprint density at radius 2 is 1.94 bits per heavy atom. The van der Waals surface area contributed by atoms with Gasteiger partial charge in [-0.05, 0) is 44.8 Å². The molecule has 0 N–H and O–H groups in total. The highest BCUT2D eigenvalue weighted by Crippen LogP contribution is 2.13. The maximum absolute atomic E-state index is 13.5. The molecule has 0 aliphatic carbocycles. The van der Waals surface area contributed by atoms with Gasteiger partial charge in [0.25, 0.3) is 0 Å². The lowest BCUT2D eigenvalue weighted by molar-refractivity contribution is 0.265. The third-order valence-corrected chi connectivity index (χ3v) is 3.21. The number of rotatable bonds is 2. The van der Waals surface area contributed by atoms with Gasteiger partial charge in [0.1, 0.15) is 11.6 Å². The Balaban J connectivity index is 2.02. The van der Waals surface area contributed by atoms with E-state index >= 15 is 0 Å². The van der Waals surface area contributed by atoms with E-state index in [1.54, 1.807) is 0 Å². The Kier molecular flexibility index (Phi) is 4.07. The second-order valence-electron chi connectivity index (χ2n) is 4.67. The average molecular weight is 240 g/mol. The van der Waals surface area contributed by atoms with Crippen molar-refractivity contribution in [3.05, 3.63) is 35.4 Å². The molecule has 0 radical (unpaired) electrons. The molecular weight excluding hydrogens is 222 g/mol. The van der Waals surface area contributed by atoms with Crippen molar-refractivity contribution in [2.24, 2.45) is 0 Å². The second-order valence-corrected chi connectivity index (χ2v) is 4.67. The Hall–Kier alpha value is -1.00. The molecule has 1 aromatic carbocycles. The van der Waals surface area contributed by atoms with Crippen LogP contribution in [0.2, 0.25) is 0 Å². The molecule has 1 saturated heterocycles. The minimum absolute atomic E-state index is 0.316. The van der Waals surface area contributed by atoms with Crippen LogP contribution in [0, 0.1) is 11.6 Å². The number of halogens is 2. The largest absolute Gasteiger partial charge is 0.305 e. The number of nitrogens with zero attached hydrogens (tertiary/aromatic N) is 2. The van der Waals surface area contributed by atoms with Gasteiger partial charge in [-0.2, -0.15) is 0 Å². The highest BCUT2D eigenvalue weighted by Gasteiger charge is 2.14. The van der Waals surface area contributed by atoms with Crippen LogP contribution in [0.1, 0.15) is 12.0 Å². The summed E-state index contributed by atoms with van der Waals surface area (Å²) in [5.74, 6) is -0.683. The topological polar surface area (TPSA) is 6.48 Å². The summed E-state index contributed by atoms with van der Waals surface area (Å²) in [6, 6.07) is 3.66. The summed E-state index contributed by atoms with van der Waals surface area (Å²) in [5.41, 5.74) is 0.453. The molecule has 1 fully saturated rings. The Bertz CT molecular complexity index is 382. The van der Waals surface area contributed by atoms with Crippen molar-refractivity contribution >= 4 is 0 Å². The van der Waals surface area contributed by atoms with Crippen molar-refractivity contribution in [1.82, 2.24) is 9.80 Å². The van der Waals surface area contributed by atoms with Crippen LogP contribution in [0.4, 0.5) is 8.78 Å². The fraction of sp³-hybridized carbons (Fsp3) is 0.538. The molecule has 0 spiro atoms. The summed E-state index contributed by atoms with van der Waals surface area (Å²) in [5, 5.41) is 0. The molecule has 1 aliphatic rings. The molecule has 0 saturated carbocycles. The van der Waals surface area contributed by atoms with Gasteiger partial charge >= 0.3 is 0 Å². The van der Waals surface area contributed by atoms with Crippen LogP contribution in [0.25, 0.3) is 0 Å². The molecule has 1 heterocycles. The Morgan fingerprint density at radius 3 is 2.76 bits per heavy atom. The van der Waals surface area contributed by atoms with Gasteiger partial charge in [-0.1, -0.05) is 0 Å². The van der Waals surface area contributed by atoms with Gasteiger partial charge in [0.05, 0.1) is 0 Å². The molecule has 0 amide bonds. The first-order valence-electron chi connectivity index (χ1n) is 6.00. The van der Waals surface area contributed by atoms with Crippen LogP contribution in [0.3, 0.4) is 0 Å². The van der Waals surface area contributed by atoms with Gasteiger partial charge in [-0.3, -0.25) is 4.90 Å². The summed E-state index contributed by atoms with van der Waals surface area (Å²) in [4.78, 5) is 4.45. The molecule has 2 rings (SSSR count). The molecular formula is C13H18F2N2. The van der Waals surface area contributed by atoms with E-state index in [9.17, 15) is 8.78 Å². The highest BCUT2D eigenvalue weighted by molar-refractivity contribution is 5.18. The summed E-state index contributed by atoms with van der Waals surface area (Å²) >= 11 is 0. The average Bonchev–Trinajstić information content (AvgIpc) is 2.49. The van der Waals surface area contributed by atoms with Crippen molar-refractivity contribution in [3.63, 3.8) is 0 Å². The van der Waals surface area contributed by atoms with Crippen molar-refractivity contribution in [3.8, 4) is 0 Å². The zero-order valence-electron chi connectivity index (χ0n) is 10.1. The molecule has 0 unspecified atom stereocenters. The zero-order chi connectivity index (χ0) is 12.3. The second kappa shape index (κ2) is 5.56. The summed E-state index contributed by atoms with van der Waals surface area (Å²) in [6.45, 7) is 4.41. The van der Waals surface area contributed by atoms with E-state index in [0.717, 1.165) is 38.7 Å². The fourth-order valence-electron chi connectivity index (χ4n) is 2.16. The smallest absolute Gasteiger partial charge is 0.127 e. The summed E-state index contributed by atoms with van der Waals surface area (Å²) in [7, 11) is 2.09. The van der Waals surface area contributed by atoms with Crippen molar-refractivity contribution in [2.75, 3.05) is 33.2 Å². The lowest BCUT2D eigenvalue weighted by Crippen LogP contribution is -2.28. The standard InChI is InChI=1S/C13H18F2N2/c1-16-5-2-6-17(8-7-16)10-11-9-12(14)3-4-13(11)15/h3-4,9H,2,5-8,10H2,1H3. The van der Waals surface area contributed by atoms with Crippen LogP contribution in [-0.4, -0.2) is 43.0 Å². The highest BCUT2D eigenvalue weighted by atomic mass is 19.1. The molecule has 94 valence electrons. The summed E-state index contributed by atoms with van der Waals surface area (Å²) in [6.07, 6.45) is 1.08. The molecule has 4 heteroatoms. The first-order chi connectivity index (χ1) is 8.15. The third kappa shape index (κ3) is 3.48. The molecule has 0 bridgehead atoms. The molecule has 2 nitrogen and oxygen atoms in total. The van der Waals surface area contributed by atoms with Crippen LogP contribution >= 0.6 is 0 Å². The van der Waals surface area contributed by atoms with Crippen LogP contribution in [-0.2, 0) is 6.54 Å². The van der Waals surface area contributed by atoms with Crippen molar-refractivity contribution in [2.45, 2.75) is 13.0 Å². The van der Waals surface area contributed by atoms with Gasteiger partial charge < -0.3 is 4.90 Å².